The van der Waals surface area contributed by atoms with Gasteiger partial charge in [0.05, 0.1) is 6.54 Å². The molecule has 1 atom stereocenters. The Morgan fingerprint density at radius 3 is 3.05 bits per heavy atom. The summed E-state index contributed by atoms with van der Waals surface area (Å²) < 4.78 is 18.9. The van der Waals surface area contributed by atoms with Gasteiger partial charge in [-0.3, -0.25) is 4.79 Å². The van der Waals surface area contributed by atoms with Gasteiger partial charge in [-0.25, -0.2) is 14.4 Å². The van der Waals surface area contributed by atoms with Crippen molar-refractivity contribution in [3.63, 3.8) is 0 Å². The first-order valence-electron chi connectivity index (χ1n) is 6.70. The summed E-state index contributed by atoms with van der Waals surface area (Å²) in [5.41, 5.74) is 0.359. The molecule has 0 saturated carbocycles. The number of benzene rings is 1. The first-order chi connectivity index (χ1) is 10.2. The van der Waals surface area contributed by atoms with Gasteiger partial charge in [0.2, 0.25) is 5.88 Å². The van der Waals surface area contributed by atoms with Crippen LogP contribution >= 0.6 is 0 Å². The normalized spacial score (nSPS) is 17.8. The zero-order chi connectivity index (χ0) is 14.7. The molecule has 5 nitrogen and oxygen atoms in total. The third kappa shape index (κ3) is 3.16. The number of rotatable bonds is 3. The van der Waals surface area contributed by atoms with Crippen LogP contribution in [0.5, 0.6) is 5.88 Å². The van der Waals surface area contributed by atoms with Crippen LogP contribution in [0, 0.1) is 5.82 Å². The van der Waals surface area contributed by atoms with E-state index in [1.165, 1.54) is 24.5 Å². The average molecular weight is 287 g/mol. The number of carbonyl (C=O) groups excluding carboxylic acids is 1. The highest BCUT2D eigenvalue weighted by Gasteiger charge is 2.28. The molecule has 0 bridgehead atoms. The SMILES string of the molecule is O=C(c1cccc(F)c1)N1CCC(Oc2ccncn2)C1. The van der Waals surface area contributed by atoms with Crippen LogP contribution in [-0.2, 0) is 0 Å². The van der Waals surface area contributed by atoms with Crippen molar-refractivity contribution in [1.82, 2.24) is 14.9 Å². The Labute approximate surface area is 121 Å². The van der Waals surface area contributed by atoms with Crippen molar-refractivity contribution in [2.75, 3.05) is 13.1 Å². The Morgan fingerprint density at radius 2 is 2.29 bits per heavy atom. The quantitative estimate of drug-likeness (QED) is 0.865. The Kier molecular flexibility index (Phi) is 3.77. The second kappa shape index (κ2) is 5.87. The van der Waals surface area contributed by atoms with Gasteiger partial charge in [-0.15, -0.1) is 0 Å². The van der Waals surface area contributed by atoms with Crippen LogP contribution < -0.4 is 4.74 Å². The van der Waals surface area contributed by atoms with E-state index in [1.807, 2.05) is 0 Å². The highest BCUT2D eigenvalue weighted by Crippen LogP contribution is 2.18. The maximum atomic E-state index is 13.2. The second-order valence-electron chi connectivity index (χ2n) is 4.84. The molecule has 2 heterocycles. The summed E-state index contributed by atoms with van der Waals surface area (Å²) in [6, 6.07) is 7.40. The first-order valence-corrected chi connectivity index (χ1v) is 6.70. The predicted molar refractivity (Wildman–Crippen MR) is 73.4 cm³/mol. The zero-order valence-electron chi connectivity index (χ0n) is 11.3. The van der Waals surface area contributed by atoms with Gasteiger partial charge < -0.3 is 9.64 Å². The van der Waals surface area contributed by atoms with E-state index in [2.05, 4.69) is 9.97 Å². The van der Waals surface area contributed by atoms with Crippen molar-refractivity contribution in [3.8, 4) is 5.88 Å². The van der Waals surface area contributed by atoms with Crippen LogP contribution in [0.3, 0.4) is 0 Å². The lowest BCUT2D eigenvalue weighted by molar-refractivity contribution is 0.0770. The molecule has 1 aromatic carbocycles. The molecule has 0 radical (unpaired) electrons. The molecule has 0 spiro atoms. The van der Waals surface area contributed by atoms with E-state index >= 15 is 0 Å². The van der Waals surface area contributed by atoms with Crippen molar-refractivity contribution in [3.05, 3.63) is 54.2 Å². The predicted octanol–water partition coefficient (Wildman–Crippen LogP) is 1.91. The van der Waals surface area contributed by atoms with E-state index in [0.717, 1.165) is 6.42 Å². The average Bonchev–Trinajstić information content (AvgIpc) is 2.96. The minimum Gasteiger partial charge on any atom is -0.472 e. The Morgan fingerprint density at radius 1 is 1.38 bits per heavy atom. The third-order valence-electron chi connectivity index (χ3n) is 3.35. The standard InChI is InChI=1S/C15H14FN3O2/c16-12-3-1-2-11(8-12)15(20)19-7-5-13(9-19)21-14-4-6-17-10-18-14/h1-4,6,8,10,13H,5,7,9H2. The second-order valence-corrected chi connectivity index (χ2v) is 4.84. The van der Waals surface area contributed by atoms with Crippen LogP contribution in [0.25, 0.3) is 0 Å². The van der Waals surface area contributed by atoms with Crippen LogP contribution in [0.4, 0.5) is 4.39 Å². The van der Waals surface area contributed by atoms with Gasteiger partial charge in [0.25, 0.3) is 5.91 Å². The van der Waals surface area contributed by atoms with E-state index in [-0.39, 0.29) is 12.0 Å². The maximum Gasteiger partial charge on any atom is 0.254 e. The molecule has 1 aliphatic rings. The lowest BCUT2D eigenvalue weighted by atomic mass is 10.2. The highest BCUT2D eigenvalue weighted by molar-refractivity contribution is 5.94. The summed E-state index contributed by atoms with van der Waals surface area (Å²) in [6.45, 7) is 1.06. The molecule has 21 heavy (non-hydrogen) atoms. The molecule has 0 N–H and O–H groups in total. The van der Waals surface area contributed by atoms with Crippen molar-refractivity contribution < 1.29 is 13.9 Å². The Balaban J connectivity index is 1.63. The molecule has 1 aliphatic heterocycles. The van der Waals surface area contributed by atoms with Gasteiger partial charge in [-0.1, -0.05) is 6.07 Å². The number of aromatic nitrogens is 2. The fraction of sp³-hybridized carbons (Fsp3) is 0.267. The number of amides is 1. The Hall–Kier alpha value is -2.50. The summed E-state index contributed by atoms with van der Waals surface area (Å²) in [6.07, 6.45) is 3.65. The summed E-state index contributed by atoms with van der Waals surface area (Å²) in [4.78, 5) is 21.8. The van der Waals surface area contributed by atoms with Gasteiger partial charge in [0, 0.05) is 30.8 Å². The maximum absolute atomic E-state index is 13.2. The molecule has 108 valence electrons. The van der Waals surface area contributed by atoms with Gasteiger partial charge in [-0.05, 0) is 18.2 Å². The smallest absolute Gasteiger partial charge is 0.254 e. The monoisotopic (exact) mass is 287 g/mol. The fourth-order valence-electron chi connectivity index (χ4n) is 2.33. The molecule has 3 rings (SSSR count). The van der Waals surface area contributed by atoms with Crippen molar-refractivity contribution in [2.45, 2.75) is 12.5 Å². The summed E-state index contributed by atoms with van der Waals surface area (Å²) in [5.74, 6) is -0.0906. The van der Waals surface area contributed by atoms with Gasteiger partial charge in [0.15, 0.2) is 0 Å². The van der Waals surface area contributed by atoms with Crippen molar-refractivity contribution in [1.29, 1.82) is 0 Å². The Bertz CT molecular complexity index is 636. The van der Waals surface area contributed by atoms with Gasteiger partial charge in [0.1, 0.15) is 18.2 Å². The third-order valence-corrected chi connectivity index (χ3v) is 3.35. The molecule has 1 fully saturated rings. The van der Waals surface area contributed by atoms with E-state index in [9.17, 15) is 9.18 Å². The molecule has 0 aliphatic carbocycles. The number of hydrogen-bond donors (Lipinski definition) is 0. The topological polar surface area (TPSA) is 55.3 Å². The van der Waals surface area contributed by atoms with Gasteiger partial charge >= 0.3 is 0 Å². The molecule has 1 amide bonds. The minimum absolute atomic E-state index is 0.0996. The lowest BCUT2D eigenvalue weighted by Gasteiger charge is -2.17. The summed E-state index contributed by atoms with van der Waals surface area (Å²) in [7, 11) is 0. The van der Waals surface area contributed by atoms with Crippen LogP contribution in [-0.4, -0.2) is 40.0 Å². The zero-order valence-corrected chi connectivity index (χ0v) is 11.3. The molecule has 2 aromatic rings. The summed E-state index contributed by atoms with van der Waals surface area (Å²) in [5, 5.41) is 0. The van der Waals surface area contributed by atoms with E-state index in [1.54, 1.807) is 23.2 Å². The number of halogens is 1. The molecular weight excluding hydrogens is 273 g/mol. The van der Waals surface area contributed by atoms with E-state index in [0.29, 0.717) is 24.5 Å². The summed E-state index contributed by atoms with van der Waals surface area (Å²) >= 11 is 0. The first kappa shape index (κ1) is 13.5. The molecular formula is C15H14FN3O2. The number of carbonyl (C=O) groups is 1. The lowest BCUT2D eigenvalue weighted by Crippen LogP contribution is -2.31. The molecule has 1 saturated heterocycles. The molecule has 1 unspecified atom stereocenters. The van der Waals surface area contributed by atoms with Crippen LogP contribution in [0.1, 0.15) is 16.8 Å². The van der Waals surface area contributed by atoms with E-state index in [4.69, 9.17) is 4.74 Å². The minimum atomic E-state index is -0.408. The number of ether oxygens (including phenoxy) is 1. The number of nitrogens with zero attached hydrogens (tertiary/aromatic N) is 3. The van der Waals surface area contributed by atoms with E-state index < -0.39 is 5.82 Å². The molecule has 6 heteroatoms. The van der Waals surface area contributed by atoms with Crippen molar-refractivity contribution in [2.24, 2.45) is 0 Å². The molecule has 1 aromatic heterocycles. The van der Waals surface area contributed by atoms with Crippen LogP contribution in [0.15, 0.2) is 42.9 Å². The van der Waals surface area contributed by atoms with Gasteiger partial charge in [-0.2, -0.15) is 0 Å². The van der Waals surface area contributed by atoms with Crippen molar-refractivity contribution >= 4 is 5.91 Å². The highest BCUT2D eigenvalue weighted by atomic mass is 19.1. The largest absolute Gasteiger partial charge is 0.472 e. The fourth-order valence-corrected chi connectivity index (χ4v) is 2.33. The van der Waals surface area contributed by atoms with Crippen LogP contribution in [0.2, 0.25) is 0 Å². The number of likely N-dealkylation sites (tertiary alicyclic amines) is 1. The number of hydrogen-bond acceptors (Lipinski definition) is 4.